The van der Waals surface area contributed by atoms with Gasteiger partial charge in [-0.3, -0.25) is 14.5 Å². The van der Waals surface area contributed by atoms with Crippen molar-refractivity contribution in [3.63, 3.8) is 0 Å². The molecule has 2 amide bonds. The van der Waals surface area contributed by atoms with Crippen LogP contribution in [-0.4, -0.2) is 35.8 Å². The molecule has 244 valence electrons. The molecule has 1 aromatic heterocycles. The van der Waals surface area contributed by atoms with Crippen LogP contribution in [0.3, 0.4) is 0 Å². The van der Waals surface area contributed by atoms with Crippen molar-refractivity contribution in [3.05, 3.63) is 147 Å². The van der Waals surface area contributed by atoms with Crippen LogP contribution in [0, 0.1) is 0 Å². The van der Waals surface area contributed by atoms with Gasteiger partial charge in [0, 0.05) is 45.7 Å². The summed E-state index contributed by atoms with van der Waals surface area (Å²) in [4.78, 5) is 44.6. The lowest BCUT2D eigenvalue weighted by molar-refractivity contribution is -0.115. The smallest absolute Gasteiger partial charge is 0.341 e. The molecule has 0 saturated heterocycles. The SMILES string of the molecule is CCOC(=O)c1c(NC(=O)C(Sc2cccc(NC(=O)c3cccc(Cl)c3)c2)c2ccccc2)sc2c1CCN(Cc1ccccc1)C2. The van der Waals surface area contributed by atoms with E-state index in [-0.39, 0.29) is 18.4 Å². The number of benzene rings is 4. The molecule has 0 aliphatic carbocycles. The predicted octanol–water partition coefficient (Wildman–Crippen LogP) is 8.86. The molecular formula is C38H34ClN3O4S2. The first kappa shape index (κ1) is 33.5. The van der Waals surface area contributed by atoms with E-state index in [9.17, 15) is 14.4 Å². The number of hydrogen-bond donors (Lipinski definition) is 2. The molecule has 5 aromatic rings. The second-order valence-corrected chi connectivity index (χ2v) is 14.0. The highest BCUT2D eigenvalue weighted by Gasteiger charge is 2.31. The second-order valence-electron chi connectivity index (χ2n) is 11.3. The van der Waals surface area contributed by atoms with Crippen molar-refractivity contribution in [2.75, 3.05) is 23.8 Å². The molecule has 1 aliphatic rings. The quantitative estimate of drug-likeness (QED) is 0.106. The lowest BCUT2D eigenvalue weighted by Gasteiger charge is -2.27. The predicted molar refractivity (Wildman–Crippen MR) is 194 cm³/mol. The molecule has 6 rings (SSSR count). The van der Waals surface area contributed by atoms with Gasteiger partial charge in [-0.15, -0.1) is 23.1 Å². The standard InChI is InChI=1S/C38H34ClN3O4S2/c1-2-46-38(45)33-31-19-20-42(23-25-11-5-3-6-12-25)24-32(31)48-37(33)41-36(44)34(26-13-7-4-8-14-26)47-30-18-10-17-29(22-30)40-35(43)27-15-9-16-28(39)21-27/h3-18,21-22,34H,2,19-20,23-24H2,1H3,(H,40,43)(H,41,44). The van der Waals surface area contributed by atoms with Crippen LogP contribution in [0.4, 0.5) is 10.7 Å². The maximum Gasteiger partial charge on any atom is 0.341 e. The van der Waals surface area contributed by atoms with E-state index in [1.165, 1.54) is 28.7 Å². The fraction of sp³-hybridized carbons (Fsp3) is 0.184. The summed E-state index contributed by atoms with van der Waals surface area (Å²) in [5.41, 5.74) is 4.47. The number of nitrogens with one attached hydrogen (secondary N) is 2. The number of nitrogens with zero attached hydrogens (tertiary/aromatic N) is 1. The summed E-state index contributed by atoms with van der Waals surface area (Å²) in [6.45, 7) is 4.31. The number of fused-ring (bicyclic) bond motifs is 1. The summed E-state index contributed by atoms with van der Waals surface area (Å²) in [7, 11) is 0. The van der Waals surface area contributed by atoms with Crippen LogP contribution in [-0.2, 0) is 29.0 Å². The molecule has 2 heterocycles. The average Bonchev–Trinajstić information content (AvgIpc) is 3.45. The number of halogens is 1. The molecular weight excluding hydrogens is 662 g/mol. The zero-order valence-electron chi connectivity index (χ0n) is 26.3. The average molecular weight is 696 g/mol. The van der Waals surface area contributed by atoms with Crippen LogP contribution in [0.25, 0.3) is 0 Å². The van der Waals surface area contributed by atoms with Crippen molar-refractivity contribution in [1.29, 1.82) is 0 Å². The Bertz CT molecular complexity index is 1920. The van der Waals surface area contributed by atoms with Crippen molar-refractivity contribution in [3.8, 4) is 0 Å². The van der Waals surface area contributed by atoms with Gasteiger partial charge in [-0.25, -0.2) is 4.79 Å². The number of rotatable bonds is 11. The zero-order valence-corrected chi connectivity index (χ0v) is 28.7. The largest absolute Gasteiger partial charge is 0.462 e. The Balaban J connectivity index is 1.24. The van der Waals surface area contributed by atoms with Crippen molar-refractivity contribution in [2.45, 2.75) is 36.6 Å². The fourth-order valence-electron chi connectivity index (χ4n) is 5.63. The lowest BCUT2D eigenvalue weighted by atomic mass is 10.0. The molecule has 0 spiro atoms. The van der Waals surface area contributed by atoms with Gasteiger partial charge in [0.1, 0.15) is 10.3 Å². The Hall–Kier alpha value is -4.41. The Labute approximate surface area is 293 Å². The molecule has 7 nitrogen and oxygen atoms in total. The van der Waals surface area contributed by atoms with Crippen molar-refractivity contribution in [1.82, 2.24) is 4.90 Å². The monoisotopic (exact) mass is 695 g/mol. The number of esters is 1. The number of anilines is 2. The Kier molecular flexibility index (Phi) is 10.9. The summed E-state index contributed by atoms with van der Waals surface area (Å²) in [5, 5.41) is 6.38. The third kappa shape index (κ3) is 8.17. The molecule has 2 N–H and O–H groups in total. The molecule has 10 heteroatoms. The summed E-state index contributed by atoms with van der Waals surface area (Å²) in [5.74, 6) is -0.966. The molecule has 1 aliphatic heterocycles. The van der Waals surface area contributed by atoms with Crippen molar-refractivity contribution < 1.29 is 19.1 Å². The highest BCUT2D eigenvalue weighted by Crippen LogP contribution is 2.41. The van der Waals surface area contributed by atoms with Crippen LogP contribution < -0.4 is 10.6 Å². The summed E-state index contributed by atoms with van der Waals surface area (Å²) in [6, 6.07) is 34.0. The highest BCUT2D eigenvalue weighted by molar-refractivity contribution is 8.00. The molecule has 4 aromatic carbocycles. The van der Waals surface area contributed by atoms with Crippen LogP contribution >= 0.6 is 34.7 Å². The van der Waals surface area contributed by atoms with Crippen LogP contribution in [0.5, 0.6) is 0 Å². The summed E-state index contributed by atoms with van der Waals surface area (Å²) < 4.78 is 5.48. The highest BCUT2D eigenvalue weighted by atomic mass is 35.5. The topological polar surface area (TPSA) is 87.7 Å². The van der Waals surface area contributed by atoms with Gasteiger partial charge >= 0.3 is 5.97 Å². The second kappa shape index (κ2) is 15.7. The van der Waals surface area contributed by atoms with Crippen LogP contribution in [0.2, 0.25) is 5.02 Å². The Morgan fingerprint density at radius 2 is 1.67 bits per heavy atom. The third-order valence-electron chi connectivity index (χ3n) is 7.87. The summed E-state index contributed by atoms with van der Waals surface area (Å²) >= 11 is 8.89. The Morgan fingerprint density at radius 1 is 0.917 bits per heavy atom. The molecule has 1 unspecified atom stereocenters. The first-order chi connectivity index (χ1) is 23.4. The van der Waals surface area contributed by atoms with Gasteiger partial charge in [-0.05, 0) is 66.4 Å². The van der Waals surface area contributed by atoms with E-state index in [0.717, 1.165) is 34.0 Å². The summed E-state index contributed by atoms with van der Waals surface area (Å²) in [6.07, 6.45) is 0.688. The van der Waals surface area contributed by atoms with Gasteiger partial charge in [0.25, 0.3) is 5.91 Å². The normalized spacial score (nSPS) is 13.3. The van der Waals surface area contributed by atoms with Gasteiger partial charge < -0.3 is 15.4 Å². The zero-order chi connectivity index (χ0) is 33.5. The van der Waals surface area contributed by atoms with E-state index in [1.807, 2.05) is 66.7 Å². The number of thiophene rings is 1. The van der Waals surface area contributed by atoms with Gasteiger partial charge in [0.15, 0.2) is 0 Å². The minimum absolute atomic E-state index is 0.240. The maximum atomic E-state index is 14.2. The van der Waals surface area contributed by atoms with Gasteiger partial charge in [0.05, 0.1) is 12.2 Å². The maximum absolute atomic E-state index is 14.2. The number of amides is 2. The van der Waals surface area contributed by atoms with Crippen LogP contribution in [0.15, 0.2) is 114 Å². The molecule has 48 heavy (non-hydrogen) atoms. The van der Waals surface area contributed by atoms with E-state index in [1.54, 1.807) is 37.3 Å². The minimum atomic E-state index is -0.645. The minimum Gasteiger partial charge on any atom is -0.462 e. The number of hydrogen-bond acceptors (Lipinski definition) is 7. The van der Waals surface area contributed by atoms with Gasteiger partial charge in [-0.1, -0.05) is 84.4 Å². The molecule has 0 bridgehead atoms. The fourth-order valence-corrected chi connectivity index (χ4v) is 8.19. The lowest BCUT2D eigenvalue weighted by Crippen LogP contribution is -2.30. The van der Waals surface area contributed by atoms with Crippen molar-refractivity contribution >= 4 is 63.2 Å². The van der Waals surface area contributed by atoms with E-state index >= 15 is 0 Å². The molecule has 0 saturated carbocycles. The number of ether oxygens (including phenoxy) is 1. The van der Waals surface area contributed by atoms with E-state index in [0.29, 0.717) is 39.8 Å². The molecule has 1 atom stereocenters. The Morgan fingerprint density at radius 3 is 2.42 bits per heavy atom. The van der Waals surface area contributed by atoms with E-state index < -0.39 is 11.2 Å². The number of carbonyl (C=O) groups is 3. The molecule has 0 radical (unpaired) electrons. The van der Waals surface area contributed by atoms with Crippen molar-refractivity contribution in [2.24, 2.45) is 0 Å². The first-order valence-corrected chi connectivity index (χ1v) is 17.7. The third-order valence-corrected chi connectivity index (χ3v) is 10.5. The molecule has 0 fully saturated rings. The van der Waals surface area contributed by atoms with E-state index in [4.69, 9.17) is 16.3 Å². The first-order valence-electron chi connectivity index (χ1n) is 15.7. The number of thioether (sulfide) groups is 1. The van der Waals surface area contributed by atoms with E-state index in [2.05, 4.69) is 27.7 Å². The van der Waals surface area contributed by atoms with Gasteiger partial charge in [-0.2, -0.15) is 0 Å². The van der Waals surface area contributed by atoms with Gasteiger partial charge in [0.2, 0.25) is 5.91 Å². The van der Waals surface area contributed by atoms with Crippen LogP contribution in [0.1, 0.15) is 54.5 Å². The number of carbonyl (C=O) groups excluding carboxylic acids is 3.